The van der Waals surface area contributed by atoms with Crippen molar-refractivity contribution in [3.05, 3.63) is 40.9 Å². The van der Waals surface area contributed by atoms with Crippen molar-refractivity contribution < 1.29 is 9.59 Å². The average molecular weight is 328 g/mol. The van der Waals surface area contributed by atoms with Gasteiger partial charge in [-0.1, -0.05) is 26.0 Å². The second kappa shape index (κ2) is 6.43. The number of amides is 3. The third-order valence-electron chi connectivity index (χ3n) is 4.11. The highest BCUT2D eigenvalue weighted by atomic mass is 16.2. The molecule has 7 nitrogen and oxygen atoms in total. The number of imide groups is 1. The van der Waals surface area contributed by atoms with Crippen molar-refractivity contribution in [2.24, 2.45) is 5.92 Å². The number of nitrogens with zero attached hydrogens (tertiary/aromatic N) is 3. The van der Waals surface area contributed by atoms with E-state index in [0.717, 1.165) is 0 Å². The zero-order chi connectivity index (χ0) is 17.3. The highest BCUT2D eigenvalue weighted by molar-refractivity contribution is 6.04. The molecule has 1 aromatic carbocycles. The van der Waals surface area contributed by atoms with E-state index in [1.165, 1.54) is 15.8 Å². The zero-order valence-electron chi connectivity index (χ0n) is 13.7. The van der Waals surface area contributed by atoms with Crippen LogP contribution < -0.4 is 10.9 Å². The van der Waals surface area contributed by atoms with Crippen molar-refractivity contribution in [2.45, 2.75) is 32.9 Å². The van der Waals surface area contributed by atoms with Crippen LogP contribution in [0, 0.1) is 5.92 Å². The van der Waals surface area contributed by atoms with Crippen LogP contribution >= 0.6 is 0 Å². The van der Waals surface area contributed by atoms with Gasteiger partial charge in [0.25, 0.3) is 11.5 Å². The second-order valence-corrected chi connectivity index (χ2v) is 6.38. The lowest BCUT2D eigenvalue weighted by atomic mass is 10.0. The van der Waals surface area contributed by atoms with Crippen molar-refractivity contribution in [3.8, 4) is 0 Å². The highest BCUT2D eigenvalue weighted by Crippen LogP contribution is 2.14. The maximum absolute atomic E-state index is 12.4. The number of carbonyl (C=O) groups excluding carboxylic acids is 2. The summed E-state index contributed by atoms with van der Waals surface area (Å²) >= 11 is 0. The van der Waals surface area contributed by atoms with Crippen molar-refractivity contribution in [1.29, 1.82) is 0 Å². The number of para-hydroxylation sites is 1. The molecular formula is C17H20N4O3. The van der Waals surface area contributed by atoms with Crippen LogP contribution in [0.5, 0.6) is 0 Å². The number of aromatic nitrogens is 2. The topological polar surface area (TPSA) is 84.3 Å². The number of benzene rings is 1. The van der Waals surface area contributed by atoms with Crippen LogP contribution in [-0.2, 0) is 11.3 Å². The Labute approximate surface area is 139 Å². The normalized spacial score (nSPS) is 17.8. The fraction of sp³-hybridized carbons (Fsp3) is 0.412. The summed E-state index contributed by atoms with van der Waals surface area (Å²) in [7, 11) is 0. The molecule has 3 amide bonds. The monoisotopic (exact) mass is 328 g/mol. The summed E-state index contributed by atoms with van der Waals surface area (Å²) in [5.74, 6) is 0.0852. The smallest absolute Gasteiger partial charge is 0.324 e. The standard InChI is InChI=1S/C17H20N4O3/c1-11(2)9-14-16(23)21(17(24)19-14)8-7-20-10-18-13-6-4-3-5-12(13)15(20)22/h3-6,10-11,14H,7-9H2,1-2H3,(H,19,24)/t14-/m0/s1. The summed E-state index contributed by atoms with van der Waals surface area (Å²) in [6, 6.07) is 6.23. The first kappa shape index (κ1) is 16.2. The van der Waals surface area contributed by atoms with Gasteiger partial charge in [0.05, 0.1) is 17.2 Å². The SMILES string of the molecule is CC(C)C[C@@H]1NC(=O)N(CCn2cnc3ccccc3c2=O)C1=O. The Hall–Kier alpha value is -2.70. The molecule has 0 spiro atoms. The van der Waals surface area contributed by atoms with Gasteiger partial charge >= 0.3 is 6.03 Å². The Morgan fingerprint density at radius 2 is 1.92 bits per heavy atom. The van der Waals surface area contributed by atoms with Gasteiger partial charge in [0, 0.05) is 13.1 Å². The molecule has 1 aliphatic heterocycles. The Morgan fingerprint density at radius 1 is 1.17 bits per heavy atom. The van der Waals surface area contributed by atoms with E-state index in [-0.39, 0.29) is 24.6 Å². The van der Waals surface area contributed by atoms with Gasteiger partial charge in [-0.2, -0.15) is 0 Å². The molecule has 7 heteroatoms. The van der Waals surface area contributed by atoms with Gasteiger partial charge in [0.2, 0.25) is 0 Å². The summed E-state index contributed by atoms with van der Waals surface area (Å²) in [6.07, 6.45) is 2.06. The maximum atomic E-state index is 12.4. The molecule has 0 aliphatic carbocycles. The van der Waals surface area contributed by atoms with Crippen LogP contribution in [-0.4, -0.2) is 39.0 Å². The van der Waals surface area contributed by atoms with E-state index in [4.69, 9.17) is 0 Å². The van der Waals surface area contributed by atoms with E-state index in [2.05, 4.69) is 10.3 Å². The van der Waals surface area contributed by atoms with Gasteiger partial charge in [0.15, 0.2) is 0 Å². The molecule has 1 aromatic heterocycles. The Morgan fingerprint density at radius 3 is 2.67 bits per heavy atom. The molecule has 126 valence electrons. The quantitative estimate of drug-likeness (QED) is 0.840. The molecule has 1 fully saturated rings. The van der Waals surface area contributed by atoms with Crippen LogP contribution in [0.3, 0.4) is 0 Å². The second-order valence-electron chi connectivity index (χ2n) is 6.38. The van der Waals surface area contributed by atoms with Crippen molar-refractivity contribution in [3.63, 3.8) is 0 Å². The van der Waals surface area contributed by atoms with E-state index in [1.54, 1.807) is 18.2 Å². The number of urea groups is 1. The van der Waals surface area contributed by atoms with Crippen molar-refractivity contribution in [2.75, 3.05) is 6.54 Å². The number of carbonyl (C=O) groups is 2. The maximum Gasteiger partial charge on any atom is 0.324 e. The van der Waals surface area contributed by atoms with Crippen LogP contribution in [0.2, 0.25) is 0 Å². The highest BCUT2D eigenvalue weighted by Gasteiger charge is 2.37. The molecule has 0 unspecified atom stereocenters. The first-order valence-electron chi connectivity index (χ1n) is 8.03. The Bertz CT molecular complexity index is 843. The van der Waals surface area contributed by atoms with Gasteiger partial charge in [0.1, 0.15) is 6.04 Å². The van der Waals surface area contributed by atoms with Crippen molar-refractivity contribution >= 4 is 22.8 Å². The summed E-state index contributed by atoms with van der Waals surface area (Å²) in [5.41, 5.74) is 0.456. The minimum absolute atomic E-state index is 0.152. The molecular weight excluding hydrogens is 308 g/mol. The molecule has 1 saturated heterocycles. The molecule has 0 radical (unpaired) electrons. The summed E-state index contributed by atoms with van der Waals surface area (Å²) < 4.78 is 1.43. The third-order valence-corrected chi connectivity index (χ3v) is 4.11. The first-order valence-corrected chi connectivity index (χ1v) is 8.03. The molecule has 1 aliphatic rings. The number of hydrogen-bond acceptors (Lipinski definition) is 4. The minimum Gasteiger partial charge on any atom is -0.326 e. The van der Waals surface area contributed by atoms with E-state index >= 15 is 0 Å². The average Bonchev–Trinajstić information content (AvgIpc) is 2.80. The molecule has 0 bridgehead atoms. The fourth-order valence-corrected chi connectivity index (χ4v) is 2.89. The first-order chi connectivity index (χ1) is 11.5. The molecule has 0 saturated carbocycles. The molecule has 3 rings (SSSR count). The largest absolute Gasteiger partial charge is 0.326 e. The molecule has 1 atom stereocenters. The van der Waals surface area contributed by atoms with Gasteiger partial charge in [-0.05, 0) is 24.5 Å². The Kier molecular flexibility index (Phi) is 4.33. The lowest BCUT2D eigenvalue weighted by molar-refractivity contribution is -0.127. The number of fused-ring (bicyclic) bond motifs is 1. The minimum atomic E-state index is -0.469. The summed E-state index contributed by atoms with van der Waals surface area (Å²) in [6.45, 7) is 4.38. The third kappa shape index (κ3) is 3.02. The van der Waals surface area contributed by atoms with E-state index in [1.807, 2.05) is 19.9 Å². The molecule has 1 N–H and O–H groups in total. The number of rotatable bonds is 5. The van der Waals surface area contributed by atoms with Gasteiger partial charge in [-0.3, -0.25) is 19.1 Å². The van der Waals surface area contributed by atoms with Gasteiger partial charge in [-0.15, -0.1) is 0 Å². The summed E-state index contributed by atoms with van der Waals surface area (Å²) in [4.78, 5) is 42.1. The number of hydrogen-bond donors (Lipinski definition) is 1. The van der Waals surface area contributed by atoms with E-state index < -0.39 is 12.1 Å². The predicted molar refractivity (Wildman–Crippen MR) is 89.5 cm³/mol. The molecule has 2 heterocycles. The lowest BCUT2D eigenvalue weighted by Gasteiger charge is -2.14. The van der Waals surface area contributed by atoms with Gasteiger partial charge in [-0.25, -0.2) is 9.78 Å². The molecule has 2 aromatic rings. The Balaban J connectivity index is 1.74. The predicted octanol–water partition coefficient (Wildman–Crippen LogP) is 1.36. The van der Waals surface area contributed by atoms with Crippen LogP contribution in [0.1, 0.15) is 20.3 Å². The zero-order valence-corrected chi connectivity index (χ0v) is 13.7. The molecule has 24 heavy (non-hydrogen) atoms. The van der Waals surface area contributed by atoms with Crippen LogP contribution in [0.15, 0.2) is 35.4 Å². The van der Waals surface area contributed by atoms with Crippen LogP contribution in [0.25, 0.3) is 10.9 Å². The van der Waals surface area contributed by atoms with Crippen molar-refractivity contribution in [1.82, 2.24) is 19.8 Å². The number of nitrogens with one attached hydrogen (secondary N) is 1. The van der Waals surface area contributed by atoms with E-state index in [0.29, 0.717) is 23.2 Å². The lowest BCUT2D eigenvalue weighted by Crippen LogP contribution is -2.36. The fourth-order valence-electron chi connectivity index (χ4n) is 2.89. The van der Waals surface area contributed by atoms with Gasteiger partial charge < -0.3 is 5.32 Å². The summed E-state index contributed by atoms with van der Waals surface area (Å²) in [5, 5.41) is 3.22. The van der Waals surface area contributed by atoms with Crippen LogP contribution in [0.4, 0.5) is 4.79 Å². The van der Waals surface area contributed by atoms with E-state index in [9.17, 15) is 14.4 Å².